The molecule has 1 N–H and O–H groups in total. The third-order valence-electron chi connectivity index (χ3n) is 6.30. The van der Waals surface area contributed by atoms with E-state index in [0.717, 1.165) is 50.0 Å². The summed E-state index contributed by atoms with van der Waals surface area (Å²) in [4.78, 5) is 22.1. The molecule has 0 saturated carbocycles. The predicted octanol–water partition coefficient (Wildman–Crippen LogP) is 4.90. The Kier molecular flexibility index (Phi) is 8.28. The van der Waals surface area contributed by atoms with Gasteiger partial charge < -0.3 is 15.1 Å². The summed E-state index contributed by atoms with van der Waals surface area (Å²) in [5.41, 5.74) is 2.51. The number of amides is 1. The summed E-state index contributed by atoms with van der Waals surface area (Å²) in [6.45, 7) is 6.08. The molecule has 0 unspecified atom stereocenters. The Bertz CT molecular complexity index is 1080. The van der Waals surface area contributed by atoms with Crippen molar-refractivity contribution in [3.8, 4) is 0 Å². The van der Waals surface area contributed by atoms with Crippen LogP contribution in [-0.4, -0.2) is 54.6 Å². The van der Waals surface area contributed by atoms with Gasteiger partial charge in [-0.05, 0) is 54.0 Å². The number of halogens is 3. The van der Waals surface area contributed by atoms with Crippen LogP contribution in [0.1, 0.15) is 23.5 Å². The van der Waals surface area contributed by atoms with Crippen LogP contribution >= 0.6 is 47.8 Å². The zero-order valence-electron chi connectivity index (χ0n) is 17.8. The molecule has 1 amide bonds. The van der Waals surface area contributed by atoms with E-state index in [2.05, 4.69) is 39.6 Å². The summed E-state index contributed by atoms with van der Waals surface area (Å²) in [5.74, 6) is 1.61. The number of anilines is 1. The number of carbonyl (C=O) groups excluding carboxylic acids is 1. The summed E-state index contributed by atoms with van der Waals surface area (Å²) in [6, 6.07) is 9.97. The third-order valence-corrected chi connectivity index (χ3v) is 7.65. The second kappa shape index (κ2) is 10.6. The topological polar surface area (TPSA) is 48.5 Å². The number of piperazine rings is 1. The van der Waals surface area contributed by atoms with Crippen molar-refractivity contribution in [2.75, 3.05) is 37.6 Å². The molecule has 2 saturated heterocycles. The molecule has 5 rings (SSSR count). The normalized spacial score (nSPS) is 20.7. The number of nitrogens with one attached hydrogen (secondary N) is 1. The zero-order valence-corrected chi connectivity index (χ0v) is 21.0. The minimum Gasteiger partial charge on any atom is -0.352 e. The SMILES string of the molecule is Cc1csc2c(N3CCN(C(=O)[C@H]4C[C@@H](c5cccc(Cl)c5)CN4)CC3)nccc12.Cl.Cl. The monoisotopic (exact) mass is 512 g/mol. The van der Waals surface area contributed by atoms with E-state index in [1.807, 2.05) is 29.3 Å². The van der Waals surface area contributed by atoms with Gasteiger partial charge in [0.05, 0.1) is 10.7 Å². The van der Waals surface area contributed by atoms with Gasteiger partial charge in [-0.2, -0.15) is 0 Å². The first-order chi connectivity index (χ1) is 14.6. The van der Waals surface area contributed by atoms with E-state index in [-0.39, 0.29) is 36.8 Å². The first kappa shape index (κ1) is 25.1. The van der Waals surface area contributed by atoms with Gasteiger partial charge in [-0.1, -0.05) is 23.7 Å². The highest BCUT2D eigenvalue weighted by Gasteiger charge is 2.34. The van der Waals surface area contributed by atoms with Crippen LogP contribution < -0.4 is 10.2 Å². The summed E-state index contributed by atoms with van der Waals surface area (Å²) in [7, 11) is 0. The molecule has 2 aliphatic rings. The number of aromatic nitrogens is 1. The van der Waals surface area contributed by atoms with Crippen LogP contribution in [0.2, 0.25) is 5.02 Å². The van der Waals surface area contributed by atoms with Crippen LogP contribution in [0.15, 0.2) is 41.9 Å². The highest BCUT2D eigenvalue weighted by atomic mass is 35.5. The lowest BCUT2D eigenvalue weighted by atomic mass is 9.96. The maximum Gasteiger partial charge on any atom is 0.239 e. The van der Waals surface area contributed by atoms with Crippen molar-refractivity contribution >= 4 is 69.6 Å². The highest BCUT2D eigenvalue weighted by molar-refractivity contribution is 7.18. The van der Waals surface area contributed by atoms with Crippen LogP contribution in [0.4, 0.5) is 5.82 Å². The molecule has 172 valence electrons. The van der Waals surface area contributed by atoms with Crippen LogP contribution in [0, 0.1) is 6.92 Å². The van der Waals surface area contributed by atoms with Crippen molar-refractivity contribution < 1.29 is 4.79 Å². The molecule has 1 aromatic carbocycles. The molecule has 5 nitrogen and oxygen atoms in total. The molecule has 4 heterocycles. The van der Waals surface area contributed by atoms with E-state index >= 15 is 0 Å². The van der Waals surface area contributed by atoms with Gasteiger partial charge in [0, 0.05) is 49.3 Å². The highest BCUT2D eigenvalue weighted by Crippen LogP contribution is 2.33. The second-order valence-corrected chi connectivity index (χ2v) is 9.51. The Hall–Kier alpha value is -1.57. The first-order valence-electron chi connectivity index (χ1n) is 10.5. The van der Waals surface area contributed by atoms with Gasteiger partial charge >= 0.3 is 0 Å². The van der Waals surface area contributed by atoms with Crippen molar-refractivity contribution in [3.05, 3.63) is 58.1 Å². The Labute approximate surface area is 210 Å². The van der Waals surface area contributed by atoms with Crippen molar-refractivity contribution in [1.29, 1.82) is 0 Å². The number of thiophene rings is 1. The molecule has 2 aromatic heterocycles. The molecule has 32 heavy (non-hydrogen) atoms. The standard InChI is InChI=1S/C23H25ClN4OS.2ClH/c1-15-14-30-21-19(15)5-6-25-22(21)27-7-9-28(10-8-27)23(29)20-12-17(13-26-20)16-3-2-4-18(24)11-16;;/h2-6,11,14,17,20,26H,7-10,12-13H2,1H3;2*1H/t17-,20-;;/m1../s1. The Morgan fingerprint density at radius 3 is 2.72 bits per heavy atom. The minimum absolute atomic E-state index is 0. The Morgan fingerprint density at radius 2 is 1.97 bits per heavy atom. The molecular weight excluding hydrogens is 487 g/mol. The van der Waals surface area contributed by atoms with E-state index in [1.165, 1.54) is 21.2 Å². The van der Waals surface area contributed by atoms with Gasteiger partial charge in [0.25, 0.3) is 0 Å². The number of carbonyl (C=O) groups is 1. The maximum atomic E-state index is 13.1. The van der Waals surface area contributed by atoms with Crippen LogP contribution in [-0.2, 0) is 4.79 Å². The Balaban J connectivity index is 0.00000144. The lowest BCUT2D eigenvalue weighted by Crippen LogP contribution is -2.53. The van der Waals surface area contributed by atoms with E-state index in [9.17, 15) is 4.79 Å². The fraction of sp³-hybridized carbons (Fsp3) is 0.391. The molecule has 0 aliphatic carbocycles. The second-order valence-electron chi connectivity index (χ2n) is 8.19. The fourth-order valence-electron chi connectivity index (χ4n) is 4.60. The summed E-state index contributed by atoms with van der Waals surface area (Å²) >= 11 is 7.90. The molecule has 0 bridgehead atoms. The van der Waals surface area contributed by atoms with Gasteiger partial charge in [0.15, 0.2) is 0 Å². The molecule has 0 spiro atoms. The van der Waals surface area contributed by atoms with Gasteiger partial charge in [0.2, 0.25) is 5.91 Å². The number of hydrogen-bond acceptors (Lipinski definition) is 5. The zero-order chi connectivity index (χ0) is 20.7. The summed E-state index contributed by atoms with van der Waals surface area (Å²) in [5, 5.41) is 7.66. The molecule has 9 heteroatoms. The first-order valence-corrected chi connectivity index (χ1v) is 11.7. The average Bonchev–Trinajstić information content (AvgIpc) is 3.41. The van der Waals surface area contributed by atoms with Crippen LogP contribution in [0.25, 0.3) is 10.1 Å². The van der Waals surface area contributed by atoms with Crippen LogP contribution in [0.3, 0.4) is 0 Å². The maximum absolute atomic E-state index is 13.1. The molecule has 0 radical (unpaired) electrons. The molecule has 2 fully saturated rings. The van der Waals surface area contributed by atoms with Gasteiger partial charge in [0.1, 0.15) is 5.82 Å². The largest absolute Gasteiger partial charge is 0.352 e. The number of rotatable bonds is 3. The van der Waals surface area contributed by atoms with Crippen molar-refractivity contribution in [2.24, 2.45) is 0 Å². The smallest absolute Gasteiger partial charge is 0.239 e. The number of fused-ring (bicyclic) bond motifs is 1. The van der Waals surface area contributed by atoms with Crippen LogP contribution in [0.5, 0.6) is 0 Å². The average molecular weight is 514 g/mol. The fourth-order valence-corrected chi connectivity index (χ4v) is 5.86. The van der Waals surface area contributed by atoms with Gasteiger partial charge in [-0.15, -0.1) is 36.2 Å². The van der Waals surface area contributed by atoms with Crippen molar-refractivity contribution in [1.82, 2.24) is 15.2 Å². The number of benzene rings is 1. The van der Waals surface area contributed by atoms with E-state index < -0.39 is 0 Å². The van der Waals surface area contributed by atoms with E-state index in [4.69, 9.17) is 11.6 Å². The number of hydrogen-bond donors (Lipinski definition) is 1. The van der Waals surface area contributed by atoms with Crippen molar-refractivity contribution in [3.63, 3.8) is 0 Å². The lowest BCUT2D eigenvalue weighted by Gasteiger charge is -2.36. The molecule has 2 aliphatic heterocycles. The van der Waals surface area contributed by atoms with Crippen molar-refractivity contribution in [2.45, 2.75) is 25.3 Å². The summed E-state index contributed by atoms with van der Waals surface area (Å²) < 4.78 is 1.25. The Morgan fingerprint density at radius 1 is 1.19 bits per heavy atom. The molecular formula is C23H27Cl3N4OS. The minimum atomic E-state index is -0.109. The summed E-state index contributed by atoms with van der Waals surface area (Å²) in [6.07, 6.45) is 2.72. The number of aryl methyl sites for hydroxylation is 1. The van der Waals surface area contributed by atoms with Gasteiger partial charge in [-0.25, -0.2) is 4.98 Å². The predicted molar refractivity (Wildman–Crippen MR) is 138 cm³/mol. The van der Waals surface area contributed by atoms with E-state index in [1.54, 1.807) is 11.3 Å². The number of nitrogens with zero attached hydrogens (tertiary/aromatic N) is 3. The van der Waals surface area contributed by atoms with E-state index in [0.29, 0.717) is 5.92 Å². The van der Waals surface area contributed by atoms with Gasteiger partial charge in [-0.3, -0.25) is 4.79 Å². The molecule has 2 atom stereocenters. The third kappa shape index (κ3) is 4.85. The number of pyridine rings is 1. The lowest BCUT2D eigenvalue weighted by molar-refractivity contribution is -0.133. The molecule has 3 aromatic rings. The quantitative estimate of drug-likeness (QED) is 0.541.